The number of allylic oxidation sites excluding steroid dienone is 5. The lowest BCUT2D eigenvalue weighted by molar-refractivity contribution is 0.0862. The molecular weight excluding hydrogens is 380 g/mol. The molecule has 2 nitrogen and oxygen atoms in total. The fraction of sp³-hybridized carbons (Fsp3) is 0.724. The Bertz CT molecular complexity index is 781. The summed E-state index contributed by atoms with van der Waals surface area (Å²) in [5, 5.41) is 20.2. The summed E-state index contributed by atoms with van der Waals surface area (Å²) in [5.74, 6) is 2.84. The molecule has 0 spiro atoms. The molecule has 0 saturated heterocycles. The number of fused-ring (bicyclic) bond motifs is 1. The largest absolute Gasteiger partial charge is 0.393 e. The topological polar surface area (TPSA) is 40.5 Å². The summed E-state index contributed by atoms with van der Waals surface area (Å²) in [6.07, 6.45) is 18.8. The molecule has 0 aromatic carbocycles. The molecular formula is C29H44O2. The van der Waals surface area contributed by atoms with Crippen molar-refractivity contribution in [2.75, 3.05) is 0 Å². The van der Waals surface area contributed by atoms with Gasteiger partial charge in [-0.15, -0.1) is 0 Å². The normalized spacial score (nSPS) is 41.3. The van der Waals surface area contributed by atoms with Gasteiger partial charge in [-0.25, -0.2) is 0 Å². The molecule has 0 aromatic rings. The molecule has 6 atom stereocenters. The zero-order chi connectivity index (χ0) is 22.4. The van der Waals surface area contributed by atoms with Gasteiger partial charge in [0.05, 0.1) is 12.2 Å². The Hall–Kier alpha value is -1.12. The Morgan fingerprint density at radius 2 is 1.81 bits per heavy atom. The van der Waals surface area contributed by atoms with Crippen LogP contribution in [0, 0.1) is 34.5 Å². The average molecular weight is 425 g/mol. The zero-order valence-electron chi connectivity index (χ0n) is 20.2. The lowest BCUT2D eigenvalue weighted by Crippen LogP contribution is -2.35. The minimum atomic E-state index is -0.603. The van der Waals surface area contributed by atoms with Gasteiger partial charge in [-0.1, -0.05) is 64.2 Å². The van der Waals surface area contributed by atoms with Crippen LogP contribution in [0.2, 0.25) is 0 Å². The van der Waals surface area contributed by atoms with Gasteiger partial charge in [0.25, 0.3) is 0 Å². The van der Waals surface area contributed by atoms with Crippen molar-refractivity contribution in [1.82, 2.24) is 0 Å². The highest BCUT2D eigenvalue weighted by atomic mass is 16.3. The van der Waals surface area contributed by atoms with Crippen molar-refractivity contribution in [3.05, 3.63) is 47.6 Å². The van der Waals surface area contributed by atoms with Gasteiger partial charge in [-0.3, -0.25) is 0 Å². The van der Waals surface area contributed by atoms with E-state index in [1.165, 1.54) is 44.9 Å². The Morgan fingerprint density at radius 3 is 2.48 bits per heavy atom. The average Bonchev–Trinajstić information content (AvgIpc) is 3.43. The van der Waals surface area contributed by atoms with Gasteiger partial charge in [-0.05, 0) is 97.0 Å². The minimum Gasteiger partial charge on any atom is -0.393 e. The van der Waals surface area contributed by atoms with E-state index in [1.54, 1.807) is 5.57 Å². The van der Waals surface area contributed by atoms with Crippen LogP contribution in [-0.2, 0) is 0 Å². The van der Waals surface area contributed by atoms with E-state index < -0.39 is 12.2 Å². The molecule has 4 fully saturated rings. The summed E-state index contributed by atoms with van der Waals surface area (Å²) < 4.78 is 0. The van der Waals surface area contributed by atoms with Gasteiger partial charge in [0.2, 0.25) is 0 Å². The fourth-order valence-electron chi connectivity index (χ4n) is 7.17. The van der Waals surface area contributed by atoms with Crippen LogP contribution in [0.15, 0.2) is 47.6 Å². The van der Waals surface area contributed by atoms with E-state index in [2.05, 4.69) is 58.6 Å². The van der Waals surface area contributed by atoms with E-state index in [0.29, 0.717) is 35.5 Å². The molecule has 0 amide bonds. The predicted molar refractivity (Wildman–Crippen MR) is 130 cm³/mol. The lowest BCUT2D eigenvalue weighted by Gasteiger charge is -2.44. The summed E-state index contributed by atoms with van der Waals surface area (Å²) in [4.78, 5) is 0. The summed E-state index contributed by atoms with van der Waals surface area (Å²) in [6.45, 7) is 13.8. The van der Waals surface area contributed by atoms with E-state index in [-0.39, 0.29) is 0 Å². The number of aliphatic hydroxyl groups is 2. The molecule has 4 saturated carbocycles. The maximum atomic E-state index is 10.2. The maximum Gasteiger partial charge on any atom is 0.0811 e. The van der Waals surface area contributed by atoms with Gasteiger partial charge in [-0.2, -0.15) is 0 Å². The van der Waals surface area contributed by atoms with E-state index in [9.17, 15) is 10.2 Å². The Morgan fingerprint density at radius 1 is 1.06 bits per heavy atom. The Kier molecular flexibility index (Phi) is 6.45. The van der Waals surface area contributed by atoms with Crippen LogP contribution in [-0.4, -0.2) is 22.4 Å². The third-order valence-corrected chi connectivity index (χ3v) is 9.65. The van der Waals surface area contributed by atoms with Crippen molar-refractivity contribution in [2.24, 2.45) is 34.5 Å². The van der Waals surface area contributed by atoms with Crippen molar-refractivity contribution >= 4 is 0 Å². The number of aliphatic hydroxyl groups excluding tert-OH is 2. The van der Waals surface area contributed by atoms with Gasteiger partial charge in [0.1, 0.15) is 0 Å². The standard InChI is InChI=1S/C29H44O2/c1-19(2)29(15-16-29)14-12-20(3)25-10-11-26-22(7-6-13-28(25,26)5)8-9-23-17-24(30)18-27(31)21(23)4/h8-9,12,14,19-20,24-27,30-31H,4,6-7,10-11,13,15-18H2,1-3,5H3/t20-,24-,25-,26?,27+,28?/m1/s1. The SMILES string of the molecule is C=C1C(=CC=C2CCCC3(C)C2CC[C@@H]3[C@H](C)C=CC2(C(C)C)CC2)C[C@@H](O)C[C@@H]1O. The predicted octanol–water partition coefficient (Wildman–Crippen LogP) is 6.76. The third kappa shape index (κ3) is 4.40. The fourth-order valence-corrected chi connectivity index (χ4v) is 7.17. The molecule has 4 aliphatic rings. The molecule has 4 rings (SSSR count). The Balaban J connectivity index is 1.50. The maximum absolute atomic E-state index is 10.2. The van der Waals surface area contributed by atoms with E-state index >= 15 is 0 Å². The molecule has 0 aliphatic heterocycles. The third-order valence-electron chi connectivity index (χ3n) is 9.65. The van der Waals surface area contributed by atoms with Crippen LogP contribution < -0.4 is 0 Å². The monoisotopic (exact) mass is 424 g/mol. The van der Waals surface area contributed by atoms with Gasteiger partial charge in [0, 0.05) is 6.42 Å². The highest BCUT2D eigenvalue weighted by molar-refractivity contribution is 5.38. The van der Waals surface area contributed by atoms with Gasteiger partial charge < -0.3 is 10.2 Å². The molecule has 0 bridgehead atoms. The van der Waals surface area contributed by atoms with Crippen molar-refractivity contribution < 1.29 is 10.2 Å². The van der Waals surface area contributed by atoms with E-state index in [1.807, 2.05) is 0 Å². The van der Waals surface area contributed by atoms with Crippen molar-refractivity contribution in [2.45, 2.75) is 97.7 Å². The first-order chi connectivity index (χ1) is 14.7. The van der Waals surface area contributed by atoms with E-state index in [0.717, 1.165) is 23.0 Å². The Labute approximate surface area is 190 Å². The van der Waals surface area contributed by atoms with Gasteiger partial charge >= 0.3 is 0 Å². The highest BCUT2D eigenvalue weighted by Crippen LogP contribution is 2.60. The molecule has 2 N–H and O–H groups in total. The molecule has 31 heavy (non-hydrogen) atoms. The van der Waals surface area contributed by atoms with Crippen molar-refractivity contribution in [3.63, 3.8) is 0 Å². The molecule has 0 radical (unpaired) electrons. The van der Waals surface area contributed by atoms with Gasteiger partial charge in [0.15, 0.2) is 0 Å². The molecule has 2 unspecified atom stereocenters. The number of hydrogen-bond acceptors (Lipinski definition) is 2. The minimum absolute atomic E-state index is 0.392. The summed E-state index contributed by atoms with van der Waals surface area (Å²) in [6, 6.07) is 0. The van der Waals surface area contributed by atoms with Crippen molar-refractivity contribution in [3.8, 4) is 0 Å². The van der Waals surface area contributed by atoms with Crippen molar-refractivity contribution in [1.29, 1.82) is 0 Å². The molecule has 172 valence electrons. The first-order valence-electron chi connectivity index (χ1n) is 12.8. The molecule has 2 heteroatoms. The second-order valence-corrected chi connectivity index (χ2v) is 11.8. The van der Waals surface area contributed by atoms with Crippen LogP contribution in [0.4, 0.5) is 0 Å². The number of hydrogen-bond donors (Lipinski definition) is 2. The first kappa shape index (κ1) is 23.1. The first-order valence-corrected chi connectivity index (χ1v) is 12.8. The van der Waals surface area contributed by atoms with Crippen LogP contribution in [0.5, 0.6) is 0 Å². The van der Waals surface area contributed by atoms with Crippen LogP contribution in [0.25, 0.3) is 0 Å². The number of rotatable bonds is 5. The second-order valence-electron chi connectivity index (χ2n) is 11.8. The summed E-state index contributed by atoms with van der Waals surface area (Å²) in [5.41, 5.74) is 4.30. The van der Waals surface area contributed by atoms with Crippen LogP contribution in [0.1, 0.15) is 85.5 Å². The second kappa shape index (κ2) is 8.67. The lowest BCUT2D eigenvalue weighted by atomic mass is 9.61. The molecule has 0 heterocycles. The molecule has 4 aliphatic carbocycles. The zero-order valence-corrected chi connectivity index (χ0v) is 20.2. The summed E-state index contributed by atoms with van der Waals surface area (Å²) in [7, 11) is 0. The highest BCUT2D eigenvalue weighted by Gasteiger charge is 2.50. The smallest absolute Gasteiger partial charge is 0.0811 e. The molecule has 0 aromatic heterocycles. The van der Waals surface area contributed by atoms with E-state index in [4.69, 9.17) is 0 Å². The quantitative estimate of drug-likeness (QED) is 0.479. The summed E-state index contributed by atoms with van der Waals surface area (Å²) >= 11 is 0. The van der Waals surface area contributed by atoms with Crippen LogP contribution >= 0.6 is 0 Å². The van der Waals surface area contributed by atoms with Crippen LogP contribution in [0.3, 0.4) is 0 Å².